The third-order valence-corrected chi connectivity index (χ3v) is 3.96. The minimum atomic E-state index is -1.06. The van der Waals surface area contributed by atoms with E-state index in [1.54, 1.807) is 24.3 Å². The molecule has 5 heteroatoms. The summed E-state index contributed by atoms with van der Waals surface area (Å²) in [6.45, 7) is 6.34. The zero-order valence-electron chi connectivity index (χ0n) is 14.8. The smallest absolute Gasteiger partial charge is 0.341 e. The van der Waals surface area contributed by atoms with Crippen LogP contribution in [0.4, 0.5) is 0 Å². The van der Waals surface area contributed by atoms with Crippen LogP contribution >= 0.6 is 0 Å². The lowest BCUT2D eigenvalue weighted by Crippen LogP contribution is -2.26. The van der Waals surface area contributed by atoms with Gasteiger partial charge in [-0.25, -0.2) is 4.79 Å². The molecule has 2 rings (SSSR count). The Hall–Kier alpha value is -2.82. The SMILES string of the molecule is Cc1cc(C)c(CCNC(=O)c2cccc(OCC(=O)O)c2)c(C)c1. The summed E-state index contributed by atoms with van der Waals surface area (Å²) in [6.07, 6.45) is 0.763. The Morgan fingerprint density at radius 3 is 2.40 bits per heavy atom. The number of hydrogen-bond acceptors (Lipinski definition) is 3. The highest BCUT2D eigenvalue weighted by Crippen LogP contribution is 2.17. The predicted molar refractivity (Wildman–Crippen MR) is 96.3 cm³/mol. The first-order valence-electron chi connectivity index (χ1n) is 8.16. The number of rotatable bonds is 7. The summed E-state index contributed by atoms with van der Waals surface area (Å²) < 4.78 is 5.10. The second-order valence-electron chi connectivity index (χ2n) is 6.09. The van der Waals surface area contributed by atoms with Crippen LogP contribution in [0.2, 0.25) is 0 Å². The molecule has 0 aromatic heterocycles. The van der Waals surface area contributed by atoms with Gasteiger partial charge in [-0.2, -0.15) is 0 Å². The number of carboxylic acids is 1. The second kappa shape index (κ2) is 8.33. The molecule has 0 heterocycles. The lowest BCUT2D eigenvalue weighted by atomic mass is 9.97. The van der Waals surface area contributed by atoms with E-state index in [0.717, 1.165) is 6.42 Å². The van der Waals surface area contributed by atoms with Gasteiger partial charge in [0.15, 0.2) is 6.61 Å². The van der Waals surface area contributed by atoms with Gasteiger partial charge in [0.1, 0.15) is 5.75 Å². The molecule has 0 aliphatic rings. The lowest BCUT2D eigenvalue weighted by molar-refractivity contribution is -0.139. The molecular formula is C20H23NO4. The van der Waals surface area contributed by atoms with E-state index < -0.39 is 12.6 Å². The molecule has 2 N–H and O–H groups in total. The van der Waals surface area contributed by atoms with Gasteiger partial charge in [-0.3, -0.25) is 4.79 Å². The van der Waals surface area contributed by atoms with Gasteiger partial charge >= 0.3 is 5.97 Å². The van der Waals surface area contributed by atoms with Gasteiger partial charge in [-0.1, -0.05) is 23.8 Å². The Morgan fingerprint density at radius 2 is 1.76 bits per heavy atom. The van der Waals surface area contributed by atoms with E-state index >= 15 is 0 Å². The first kappa shape index (κ1) is 18.5. The molecule has 5 nitrogen and oxygen atoms in total. The minimum absolute atomic E-state index is 0.205. The molecule has 2 aromatic rings. The van der Waals surface area contributed by atoms with Crippen molar-refractivity contribution in [2.75, 3.05) is 13.2 Å². The summed E-state index contributed by atoms with van der Waals surface area (Å²) in [7, 11) is 0. The highest BCUT2D eigenvalue weighted by Gasteiger charge is 2.09. The number of hydrogen-bond donors (Lipinski definition) is 2. The maximum Gasteiger partial charge on any atom is 0.341 e. The first-order chi connectivity index (χ1) is 11.9. The highest BCUT2D eigenvalue weighted by molar-refractivity contribution is 5.94. The van der Waals surface area contributed by atoms with E-state index in [1.165, 1.54) is 22.3 Å². The van der Waals surface area contributed by atoms with Crippen LogP contribution in [0.5, 0.6) is 5.75 Å². The molecule has 0 bridgehead atoms. The topological polar surface area (TPSA) is 75.6 Å². The quantitative estimate of drug-likeness (QED) is 0.812. The molecule has 0 aliphatic heterocycles. The van der Waals surface area contributed by atoms with Crippen LogP contribution in [0, 0.1) is 20.8 Å². The van der Waals surface area contributed by atoms with E-state index in [1.807, 2.05) is 0 Å². The Kier molecular flexibility index (Phi) is 6.17. The summed E-state index contributed by atoms with van der Waals surface area (Å²) in [4.78, 5) is 22.8. The van der Waals surface area contributed by atoms with Crippen molar-refractivity contribution in [3.8, 4) is 5.75 Å². The van der Waals surface area contributed by atoms with Crippen molar-refractivity contribution < 1.29 is 19.4 Å². The van der Waals surface area contributed by atoms with Crippen molar-refractivity contribution in [3.05, 3.63) is 64.2 Å². The van der Waals surface area contributed by atoms with Gasteiger partial charge in [0.25, 0.3) is 5.91 Å². The Balaban J connectivity index is 1.94. The van der Waals surface area contributed by atoms with Crippen molar-refractivity contribution in [3.63, 3.8) is 0 Å². The van der Waals surface area contributed by atoms with Gasteiger partial charge in [0.05, 0.1) is 0 Å². The molecule has 1 amide bonds. The number of amides is 1. The summed E-state index contributed by atoms with van der Waals surface area (Å²) >= 11 is 0. The number of aryl methyl sites for hydroxylation is 3. The number of carbonyl (C=O) groups is 2. The molecule has 0 unspecified atom stereocenters. The number of aliphatic carboxylic acids is 1. The van der Waals surface area contributed by atoms with Crippen molar-refractivity contribution in [1.29, 1.82) is 0 Å². The molecule has 0 aliphatic carbocycles. The normalized spacial score (nSPS) is 10.4. The Bertz CT molecular complexity index is 760. The Labute approximate surface area is 147 Å². The average Bonchev–Trinajstić information content (AvgIpc) is 2.55. The lowest BCUT2D eigenvalue weighted by Gasteiger charge is -2.12. The fourth-order valence-electron chi connectivity index (χ4n) is 2.88. The van der Waals surface area contributed by atoms with Gasteiger partial charge in [0, 0.05) is 12.1 Å². The van der Waals surface area contributed by atoms with Crippen LogP contribution in [-0.2, 0) is 11.2 Å². The molecule has 0 radical (unpaired) electrons. The van der Waals surface area contributed by atoms with E-state index in [2.05, 4.69) is 38.2 Å². The number of carboxylic acid groups (broad SMARTS) is 1. The first-order valence-corrected chi connectivity index (χ1v) is 8.16. The largest absolute Gasteiger partial charge is 0.482 e. The van der Waals surface area contributed by atoms with Crippen molar-refractivity contribution in [2.24, 2.45) is 0 Å². The van der Waals surface area contributed by atoms with Crippen molar-refractivity contribution in [1.82, 2.24) is 5.32 Å². The monoisotopic (exact) mass is 341 g/mol. The summed E-state index contributed by atoms with van der Waals surface area (Å²) in [5.74, 6) is -0.901. The summed E-state index contributed by atoms with van der Waals surface area (Å²) in [6, 6.07) is 10.8. The third-order valence-electron chi connectivity index (χ3n) is 3.96. The fourth-order valence-corrected chi connectivity index (χ4v) is 2.88. The van der Waals surface area contributed by atoms with Crippen LogP contribution in [0.1, 0.15) is 32.6 Å². The zero-order chi connectivity index (χ0) is 18.4. The van der Waals surface area contributed by atoms with Crippen LogP contribution in [-0.4, -0.2) is 30.1 Å². The molecule has 0 atom stereocenters. The summed E-state index contributed by atoms with van der Waals surface area (Å²) in [5, 5.41) is 11.5. The van der Waals surface area contributed by atoms with Crippen molar-refractivity contribution in [2.45, 2.75) is 27.2 Å². The molecule has 0 saturated carbocycles. The average molecular weight is 341 g/mol. The molecule has 0 saturated heterocycles. The van der Waals surface area contributed by atoms with E-state index in [4.69, 9.17) is 9.84 Å². The highest BCUT2D eigenvalue weighted by atomic mass is 16.5. The minimum Gasteiger partial charge on any atom is -0.482 e. The molecular weight excluding hydrogens is 318 g/mol. The molecule has 25 heavy (non-hydrogen) atoms. The van der Waals surface area contributed by atoms with Crippen LogP contribution in [0.25, 0.3) is 0 Å². The fraction of sp³-hybridized carbons (Fsp3) is 0.300. The Morgan fingerprint density at radius 1 is 1.08 bits per heavy atom. The standard InChI is InChI=1S/C20H23NO4/c1-13-9-14(2)18(15(3)10-13)7-8-21-20(24)16-5-4-6-17(11-16)25-12-19(22)23/h4-6,9-11H,7-8,12H2,1-3H3,(H,21,24)(H,22,23). The molecule has 132 valence electrons. The van der Waals surface area contributed by atoms with Gasteiger partial charge in [-0.15, -0.1) is 0 Å². The van der Waals surface area contributed by atoms with Crippen LogP contribution < -0.4 is 10.1 Å². The molecule has 0 fully saturated rings. The molecule has 0 spiro atoms. The van der Waals surface area contributed by atoms with E-state index in [-0.39, 0.29) is 5.91 Å². The predicted octanol–water partition coefficient (Wildman–Crippen LogP) is 3.05. The number of benzene rings is 2. The maximum absolute atomic E-state index is 12.3. The second-order valence-corrected chi connectivity index (χ2v) is 6.09. The van der Waals surface area contributed by atoms with Gasteiger partial charge < -0.3 is 15.2 Å². The van der Waals surface area contributed by atoms with E-state index in [0.29, 0.717) is 17.9 Å². The number of ether oxygens (including phenoxy) is 1. The van der Waals surface area contributed by atoms with Gasteiger partial charge in [-0.05, 0) is 62.1 Å². The van der Waals surface area contributed by atoms with Crippen LogP contribution in [0.15, 0.2) is 36.4 Å². The van der Waals surface area contributed by atoms with E-state index in [9.17, 15) is 9.59 Å². The number of carbonyl (C=O) groups excluding carboxylic acids is 1. The summed E-state index contributed by atoms with van der Waals surface area (Å²) in [5.41, 5.74) is 5.40. The maximum atomic E-state index is 12.3. The van der Waals surface area contributed by atoms with Crippen molar-refractivity contribution >= 4 is 11.9 Å². The number of nitrogens with one attached hydrogen (secondary N) is 1. The van der Waals surface area contributed by atoms with Gasteiger partial charge in [0.2, 0.25) is 0 Å². The molecule has 2 aromatic carbocycles. The van der Waals surface area contributed by atoms with Crippen LogP contribution in [0.3, 0.4) is 0 Å². The third kappa shape index (κ3) is 5.35. The zero-order valence-corrected chi connectivity index (χ0v) is 14.8.